The fourth-order valence-electron chi connectivity index (χ4n) is 4.46. The number of fused-ring (bicyclic) bond motifs is 2. The van der Waals surface area contributed by atoms with Gasteiger partial charge in [-0.3, -0.25) is 0 Å². The van der Waals surface area contributed by atoms with Crippen LogP contribution in [0.25, 0.3) is 0 Å². The summed E-state index contributed by atoms with van der Waals surface area (Å²) in [6, 6.07) is 0.00314. The first-order valence-corrected chi connectivity index (χ1v) is 10.3. The Bertz CT molecular complexity index is 597. The van der Waals surface area contributed by atoms with Gasteiger partial charge >= 0.3 is 6.03 Å². The number of ether oxygens (including phenoxy) is 1. The number of hydrogen-bond acceptors (Lipinski definition) is 4. The van der Waals surface area contributed by atoms with Gasteiger partial charge in [-0.05, 0) is 33.1 Å². The fourth-order valence-corrected chi connectivity index (χ4v) is 4.89. The standard InChI is InChI=1S/C16H28N2O4S/c1-15(2,23(4,20)21)10-18(3)14(19)17-12-11-6-9-22-13(11)16(12)7-5-8-16/h11-13H,5-10H2,1-4H3,(H,17,19). The molecule has 3 unspecified atom stereocenters. The van der Waals surface area contributed by atoms with E-state index in [2.05, 4.69) is 5.32 Å². The Hall–Kier alpha value is -0.820. The Labute approximate surface area is 138 Å². The summed E-state index contributed by atoms with van der Waals surface area (Å²) in [5.41, 5.74) is 0.143. The van der Waals surface area contributed by atoms with E-state index in [-0.39, 0.29) is 24.0 Å². The Morgan fingerprint density at radius 1 is 1.39 bits per heavy atom. The molecule has 0 bridgehead atoms. The summed E-state index contributed by atoms with van der Waals surface area (Å²) in [5, 5.41) is 3.17. The van der Waals surface area contributed by atoms with Gasteiger partial charge in [-0.15, -0.1) is 0 Å². The molecule has 0 aromatic carbocycles. The highest BCUT2D eigenvalue weighted by Crippen LogP contribution is 2.62. The molecule has 3 aliphatic rings. The Morgan fingerprint density at radius 3 is 2.57 bits per heavy atom. The van der Waals surface area contributed by atoms with Crippen LogP contribution < -0.4 is 5.32 Å². The van der Waals surface area contributed by atoms with Gasteiger partial charge in [0, 0.05) is 43.8 Å². The number of nitrogens with one attached hydrogen (secondary N) is 1. The zero-order valence-corrected chi connectivity index (χ0v) is 15.3. The number of rotatable bonds is 4. The number of urea groups is 1. The molecular formula is C16H28N2O4S. The molecule has 6 nitrogen and oxygen atoms in total. The molecule has 1 spiro atoms. The van der Waals surface area contributed by atoms with Crippen LogP contribution >= 0.6 is 0 Å². The van der Waals surface area contributed by atoms with Gasteiger partial charge < -0.3 is 15.0 Å². The summed E-state index contributed by atoms with van der Waals surface area (Å²) < 4.78 is 28.6. The zero-order valence-electron chi connectivity index (χ0n) is 14.5. The first-order chi connectivity index (χ1) is 10.6. The lowest BCUT2D eigenvalue weighted by Gasteiger charge is -2.63. The molecule has 7 heteroatoms. The molecule has 0 aromatic heterocycles. The van der Waals surface area contributed by atoms with Crippen molar-refractivity contribution in [3.05, 3.63) is 0 Å². The van der Waals surface area contributed by atoms with Crippen molar-refractivity contribution in [2.75, 3.05) is 26.5 Å². The minimum Gasteiger partial charge on any atom is -0.377 e. The van der Waals surface area contributed by atoms with Crippen molar-refractivity contribution in [3.63, 3.8) is 0 Å². The van der Waals surface area contributed by atoms with Crippen molar-refractivity contribution in [1.29, 1.82) is 0 Å². The second kappa shape index (κ2) is 5.34. The van der Waals surface area contributed by atoms with Crippen LogP contribution in [-0.2, 0) is 14.6 Å². The number of carbonyl (C=O) groups excluding carboxylic acids is 1. The molecule has 1 N–H and O–H groups in total. The topological polar surface area (TPSA) is 75.7 Å². The van der Waals surface area contributed by atoms with Crippen LogP contribution in [-0.4, -0.2) is 62.7 Å². The highest BCUT2D eigenvalue weighted by molar-refractivity contribution is 7.92. The highest BCUT2D eigenvalue weighted by Gasteiger charge is 2.67. The Kier molecular flexibility index (Phi) is 3.95. The Balaban J connectivity index is 1.63. The molecule has 2 amide bonds. The van der Waals surface area contributed by atoms with Gasteiger partial charge in [0.1, 0.15) is 0 Å². The van der Waals surface area contributed by atoms with Crippen LogP contribution in [0.1, 0.15) is 39.5 Å². The highest BCUT2D eigenvalue weighted by atomic mass is 32.2. The van der Waals surface area contributed by atoms with Gasteiger partial charge in [-0.2, -0.15) is 0 Å². The number of amides is 2. The molecule has 2 saturated carbocycles. The lowest BCUT2D eigenvalue weighted by atomic mass is 9.46. The van der Waals surface area contributed by atoms with Crippen LogP contribution in [0.5, 0.6) is 0 Å². The molecule has 1 saturated heterocycles. The molecule has 23 heavy (non-hydrogen) atoms. The number of sulfone groups is 1. The maximum atomic E-state index is 12.5. The smallest absolute Gasteiger partial charge is 0.317 e. The lowest BCUT2D eigenvalue weighted by molar-refractivity contribution is -0.172. The first-order valence-electron chi connectivity index (χ1n) is 8.41. The van der Waals surface area contributed by atoms with Gasteiger partial charge in [-0.1, -0.05) is 6.42 Å². The van der Waals surface area contributed by atoms with E-state index in [1.165, 1.54) is 17.6 Å². The lowest BCUT2D eigenvalue weighted by Crippen LogP contribution is -2.72. The third-order valence-electron chi connectivity index (χ3n) is 6.28. The van der Waals surface area contributed by atoms with E-state index in [0.29, 0.717) is 12.0 Å². The normalized spacial score (nSPS) is 31.9. The van der Waals surface area contributed by atoms with Crippen LogP contribution in [0, 0.1) is 11.3 Å². The first kappa shape index (κ1) is 17.0. The predicted octanol–water partition coefficient (Wildman–Crippen LogP) is 1.41. The van der Waals surface area contributed by atoms with Crippen LogP contribution in [0.15, 0.2) is 0 Å². The quantitative estimate of drug-likeness (QED) is 0.837. The van der Waals surface area contributed by atoms with Gasteiger partial charge in [0.15, 0.2) is 9.84 Å². The third kappa shape index (κ3) is 2.56. The van der Waals surface area contributed by atoms with Crippen molar-refractivity contribution in [3.8, 4) is 0 Å². The maximum absolute atomic E-state index is 12.5. The van der Waals surface area contributed by atoms with Crippen molar-refractivity contribution in [2.24, 2.45) is 11.3 Å². The van der Waals surface area contributed by atoms with E-state index in [1.807, 2.05) is 0 Å². The molecule has 3 atom stereocenters. The summed E-state index contributed by atoms with van der Waals surface area (Å²) in [4.78, 5) is 14.0. The van der Waals surface area contributed by atoms with E-state index < -0.39 is 14.6 Å². The fraction of sp³-hybridized carbons (Fsp3) is 0.938. The zero-order chi connectivity index (χ0) is 17.0. The maximum Gasteiger partial charge on any atom is 0.317 e. The monoisotopic (exact) mass is 344 g/mol. The molecule has 0 aromatic rings. The van der Waals surface area contributed by atoms with E-state index >= 15 is 0 Å². The van der Waals surface area contributed by atoms with E-state index in [4.69, 9.17) is 4.74 Å². The van der Waals surface area contributed by atoms with E-state index in [0.717, 1.165) is 25.9 Å². The van der Waals surface area contributed by atoms with Crippen LogP contribution in [0.3, 0.4) is 0 Å². The minimum absolute atomic E-state index is 0.143. The second-order valence-electron chi connectivity index (χ2n) is 8.15. The van der Waals surface area contributed by atoms with Crippen molar-refractivity contribution in [1.82, 2.24) is 10.2 Å². The summed E-state index contributed by atoms with van der Waals surface area (Å²) in [7, 11) is -1.56. The summed E-state index contributed by atoms with van der Waals surface area (Å²) >= 11 is 0. The molecule has 3 fully saturated rings. The average molecular weight is 344 g/mol. The van der Waals surface area contributed by atoms with Crippen LogP contribution in [0.4, 0.5) is 4.79 Å². The molecule has 1 heterocycles. The summed E-state index contributed by atoms with van der Waals surface area (Å²) in [6.07, 6.45) is 6.00. The largest absolute Gasteiger partial charge is 0.377 e. The second-order valence-corrected chi connectivity index (χ2v) is 10.8. The Morgan fingerprint density at radius 2 is 2.04 bits per heavy atom. The summed E-state index contributed by atoms with van der Waals surface area (Å²) in [5.74, 6) is 0.426. The SMILES string of the molecule is CN(CC(C)(C)S(C)(=O)=O)C(=O)NC1C2CCOC2C12CCC2. The number of carbonyl (C=O) groups is 1. The van der Waals surface area contributed by atoms with Gasteiger partial charge in [-0.25, -0.2) is 13.2 Å². The molecule has 132 valence electrons. The average Bonchev–Trinajstić information content (AvgIpc) is 2.77. The summed E-state index contributed by atoms with van der Waals surface area (Å²) in [6.45, 7) is 4.29. The molecular weight excluding hydrogens is 316 g/mol. The third-order valence-corrected chi connectivity index (χ3v) is 8.42. The van der Waals surface area contributed by atoms with Crippen LogP contribution in [0.2, 0.25) is 0 Å². The molecule has 0 radical (unpaired) electrons. The number of hydrogen-bond donors (Lipinski definition) is 1. The van der Waals surface area contributed by atoms with Crippen molar-refractivity contribution in [2.45, 2.75) is 56.4 Å². The van der Waals surface area contributed by atoms with Gasteiger partial charge in [0.2, 0.25) is 0 Å². The van der Waals surface area contributed by atoms with Crippen molar-refractivity contribution < 1.29 is 17.9 Å². The van der Waals surface area contributed by atoms with Crippen molar-refractivity contribution >= 4 is 15.9 Å². The van der Waals surface area contributed by atoms with E-state index in [1.54, 1.807) is 20.9 Å². The van der Waals surface area contributed by atoms with Gasteiger partial charge in [0.25, 0.3) is 0 Å². The molecule has 2 aliphatic carbocycles. The molecule has 1 aliphatic heterocycles. The predicted molar refractivity (Wildman–Crippen MR) is 88.0 cm³/mol. The number of nitrogens with zero attached hydrogens (tertiary/aromatic N) is 1. The van der Waals surface area contributed by atoms with E-state index in [9.17, 15) is 13.2 Å². The molecule has 3 rings (SSSR count). The van der Waals surface area contributed by atoms with Gasteiger partial charge in [0.05, 0.1) is 10.9 Å². The minimum atomic E-state index is -3.22.